The second-order valence-electron chi connectivity index (χ2n) is 6.20. The van der Waals surface area contributed by atoms with Gasteiger partial charge in [0.05, 0.1) is 0 Å². The first-order valence-electron chi connectivity index (χ1n) is 8.08. The summed E-state index contributed by atoms with van der Waals surface area (Å²) in [6.07, 6.45) is 6.87. The lowest BCUT2D eigenvalue weighted by molar-refractivity contribution is 0.112. The Balaban J connectivity index is 2.21. The van der Waals surface area contributed by atoms with Crippen molar-refractivity contribution in [3.63, 3.8) is 0 Å². The van der Waals surface area contributed by atoms with Gasteiger partial charge in [-0.05, 0) is 53.1 Å². The first kappa shape index (κ1) is 17.0. The number of phenolic OH excluding ortho intramolecular Hbond substituents is 1. The first-order valence-corrected chi connectivity index (χ1v) is 8.08. The Bertz CT molecular complexity index is 692. The van der Waals surface area contributed by atoms with Crippen LogP contribution < -0.4 is 0 Å². The van der Waals surface area contributed by atoms with Gasteiger partial charge in [-0.15, -0.1) is 0 Å². The highest BCUT2D eigenvalue weighted by molar-refractivity contribution is 5.79. The van der Waals surface area contributed by atoms with Crippen molar-refractivity contribution in [1.29, 1.82) is 0 Å². The van der Waals surface area contributed by atoms with E-state index in [-0.39, 0.29) is 11.2 Å². The highest BCUT2D eigenvalue weighted by Crippen LogP contribution is 2.31. The Hall–Kier alpha value is -2.35. The maximum absolute atomic E-state index is 10.8. The standard InChI is InChI=1S/C21H24O2/c1-4-21(3,5-2)19-10-8-16(9-11-19)6-7-17-12-18(15-22)14-20(23)13-17/h6-15,23H,4-5H2,1-3H3. The summed E-state index contributed by atoms with van der Waals surface area (Å²) >= 11 is 0. The summed E-state index contributed by atoms with van der Waals surface area (Å²) in [6.45, 7) is 6.75. The second-order valence-corrected chi connectivity index (χ2v) is 6.20. The predicted octanol–water partition coefficient (Wildman–Crippen LogP) is 5.45. The summed E-state index contributed by atoms with van der Waals surface area (Å²) in [7, 11) is 0. The molecule has 2 nitrogen and oxygen atoms in total. The average molecular weight is 308 g/mol. The van der Waals surface area contributed by atoms with Gasteiger partial charge in [-0.1, -0.05) is 57.2 Å². The van der Waals surface area contributed by atoms with E-state index in [9.17, 15) is 9.90 Å². The van der Waals surface area contributed by atoms with E-state index in [1.807, 2.05) is 12.2 Å². The Morgan fingerprint density at radius 2 is 1.48 bits per heavy atom. The fourth-order valence-corrected chi connectivity index (χ4v) is 2.67. The van der Waals surface area contributed by atoms with Crippen molar-refractivity contribution in [2.24, 2.45) is 0 Å². The zero-order valence-electron chi connectivity index (χ0n) is 14.0. The number of hydrogen-bond donors (Lipinski definition) is 1. The van der Waals surface area contributed by atoms with Crippen LogP contribution in [0.2, 0.25) is 0 Å². The largest absolute Gasteiger partial charge is 0.508 e. The molecule has 0 unspecified atom stereocenters. The van der Waals surface area contributed by atoms with E-state index in [0.29, 0.717) is 5.56 Å². The van der Waals surface area contributed by atoms with E-state index in [0.717, 1.165) is 30.3 Å². The molecule has 0 saturated carbocycles. The van der Waals surface area contributed by atoms with Gasteiger partial charge in [0.15, 0.2) is 0 Å². The SMILES string of the molecule is CCC(C)(CC)c1ccc(C=Cc2cc(O)cc(C=O)c2)cc1. The van der Waals surface area contributed by atoms with Gasteiger partial charge in [-0.3, -0.25) is 4.79 Å². The monoisotopic (exact) mass is 308 g/mol. The van der Waals surface area contributed by atoms with E-state index in [1.54, 1.807) is 12.1 Å². The molecule has 120 valence electrons. The Morgan fingerprint density at radius 3 is 2.04 bits per heavy atom. The first-order chi connectivity index (χ1) is 11.0. The third kappa shape index (κ3) is 4.10. The third-order valence-electron chi connectivity index (χ3n) is 4.74. The lowest BCUT2D eigenvalue weighted by Gasteiger charge is -2.27. The summed E-state index contributed by atoms with van der Waals surface area (Å²) in [5.74, 6) is 0.103. The molecule has 0 fully saturated rings. The number of phenols is 1. The number of benzene rings is 2. The number of carbonyl (C=O) groups is 1. The summed E-state index contributed by atoms with van der Waals surface area (Å²) in [5.41, 5.74) is 3.97. The maximum Gasteiger partial charge on any atom is 0.150 e. The van der Waals surface area contributed by atoms with Crippen LogP contribution >= 0.6 is 0 Å². The molecular formula is C21H24O2. The lowest BCUT2D eigenvalue weighted by atomic mass is 9.78. The molecule has 1 N–H and O–H groups in total. The quantitative estimate of drug-likeness (QED) is 0.569. The summed E-state index contributed by atoms with van der Waals surface area (Å²) < 4.78 is 0. The van der Waals surface area contributed by atoms with Crippen molar-refractivity contribution in [3.8, 4) is 5.75 Å². The highest BCUT2D eigenvalue weighted by Gasteiger charge is 2.21. The van der Waals surface area contributed by atoms with Crippen LogP contribution in [0.15, 0.2) is 42.5 Å². The molecule has 0 aliphatic rings. The molecule has 2 heteroatoms. The molecule has 0 aliphatic carbocycles. The van der Waals surface area contributed by atoms with Gasteiger partial charge in [-0.25, -0.2) is 0 Å². The van der Waals surface area contributed by atoms with Gasteiger partial charge in [0.1, 0.15) is 12.0 Å². The van der Waals surface area contributed by atoms with Crippen molar-refractivity contribution >= 4 is 18.4 Å². The Labute approximate surface area is 138 Å². The van der Waals surface area contributed by atoms with Crippen molar-refractivity contribution in [2.75, 3.05) is 0 Å². The summed E-state index contributed by atoms with van der Waals surface area (Å²) in [6, 6.07) is 13.4. The van der Waals surface area contributed by atoms with Gasteiger partial charge in [-0.2, -0.15) is 0 Å². The zero-order chi connectivity index (χ0) is 16.9. The van der Waals surface area contributed by atoms with Crippen LogP contribution in [-0.4, -0.2) is 11.4 Å². The van der Waals surface area contributed by atoms with Crippen LogP contribution in [-0.2, 0) is 5.41 Å². The van der Waals surface area contributed by atoms with Crippen LogP contribution in [0, 0.1) is 0 Å². The topological polar surface area (TPSA) is 37.3 Å². The van der Waals surface area contributed by atoms with Crippen LogP contribution in [0.5, 0.6) is 5.75 Å². The second kappa shape index (κ2) is 7.28. The van der Waals surface area contributed by atoms with Gasteiger partial charge in [0.25, 0.3) is 0 Å². The molecule has 0 heterocycles. The predicted molar refractivity (Wildman–Crippen MR) is 96.8 cm³/mol. The number of hydrogen-bond acceptors (Lipinski definition) is 2. The van der Waals surface area contributed by atoms with Gasteiger partial charge < -0.3 is 5.11 Å². The molecule has 23 heavy (non-hydrogen) atoms. The van der Waals surface area contributed by atoms with Crippen LogP contribution in [0.1, 0.15) is 60.7 Å². The molecule has 0 amide bonds. The minimum Gasteiger partial charge on any atom is -0.508 e. The average Bonchev–Trinajstić information content (AvgIpc) is 2.59. The number of rotatable bonds is 6. The van der Waals surface area contributed by atoms with Gasteiger partial charge >= 0.3 is 0 Å². The lowest BCUT2D eigenvalue weighted by Crippen LogP contribution is -2.19. The van der Waals surface area contributed by atoms with Crippen LogP contribution in [0.4, 0.5) is 0 Å². The van der Waals surface area contributed by atoms with E-state index >= 15 is 0 Å². The maximum atomic E-state index is 10.8. The number of carbonyl (C=O) groups excluding carboxylic acids is 1. The van der Waals surface area contributed by atoms with Crippen molar-refractivity contribution in [3.05, 3.63) is 64.7 Å². The molecule has 0 bridgehead atoms. The van der Waals surface area contributed by atoms with Crippen molar-refractivity contribution in [1.82, 2.24) is 0 Å². The molecule has 0 aromatic heterocycles. The number of aromatic hydroxyl groups is 1. The molecule has 2 aromatic rings. The molecule has 0 atom stereocenters. The molecular weight excluding hydrogens is 284 g/mol. The highest BCUT2D eigenvalue weighted by atomic mass is 16.3. The fourth-order valence-electron chi connectivity index (χ4n) is 2.67. The van der Waals surface area contributed by atoms with E-state index in [2.05, 4.69) is 45.0 Å². The van der Waals surface area contributed by atoms with E-state index < -0.39 is 0 Å². The van der Waals surface area contributed by atoms with Gasteiger partial charge in [0.2, 0.25) is 0 Å². The minimum atomic E-state index is 0.103. The molecule has 0 spiro atoms. The summed E-state index contributed by atoms with van der Waals surface area (Å²) in [4.78, 5) is 10.8. The third-order valence-corrected chi connectivity index (χ3v) is 4.74. The van der Waals surface area contributed by atoms with E-state index in [4.69, 9.17) is 0 Å². The zero-order valence-corrected chi connectivity index (χ0v) is 14.0. The van der Waals surface area contributed by atoms with Crippen molar-refractivity contribution < 1.29 is 9.90 Å². The Morgan fingerprint density at radius 1 is 0.913 bits per heavy atom. The molecule has 0 aliphatic heterocycles. The normalized spacial score (nSPS) is 11.8. The Kier molecular flexibility index (Phi) is 5.38. The molecule has 2 rings (SSSR count). The van der Waals surface area contributed by atoms with Crippen LogP contribution in [0.25, 0.3) is 12.2 Å². The number of aldehydes is 1. The van der Waals surface area contributed by atoms with E-state index in [1.165, 1.54) is 11.6 Å². The molecule has 2 aromatic carbocycles. The van der Waals surface area contributed by atoms with Gasteiger partial charge in [0, 0.05) is 5.56 Å². The smallest absolute Gasteiger partial charge is 0.150 e. The molecule has 0 saturated heterocycles. The summed E-state index contributed by atoms with van der Waals surface area (Å²) in [5, 5.41) is 9.61. The molecule has 0 radical (unpaired) electrons. The van der Waals surface area contributed by atoms with Crippen LogP contribution in [0.3, 0.4) is 0 Å². The fraction of sp³-hybridized carbons (Fsp3) is 0.286. The van der Waals surface area contributed by atoms with Crippen molar-refractivity contribution in [2.45, 2.75) is 39.0 Å². The minimum absolute atomic E-state index is 0.103.